The molecule has 0 spiro atoms. The quantitative estimate of drug-likeness (QED) is 0.263. The number of carbonyl (C=O) groups excluding carboxylic acids is 2. The van der Waals surface area contributed by atoms with Crippen molar-refractivity contribution in [2.45, 2.75) is 32.3 Å². The number of halogens is 3. The number of piperidine rings is 1. The lowest BCUT2D eigenvalue weighted by Crippen LogP contribution is -3.13. The number of nitrogens with zero attached hydrogens (tertiary/aromatic N) is 1. The second kappa shape index (κ2) is 16.7. The Kier molecular flexibility index (Phi) is 13.8. The summed E-state index contributed by atoms with van der Waals surface area (Å²) in [5.74, 6) is 1.90. The number of carbonyl (C=O) groups is 2. The molecule has 0 aliphatic carbocycles. The minimum Gasteiger partial charge on any atom is -0.437 e. The monoisotopic (exact) mass is 620 g/mol. The van der Waals surface area contributed by atoms with Crippen LogP contribution in [0, 0.1) is 28.9 Å². The summed E-state index contributed by atoms with van der Waals surface area (Å²) < 4.78 is 31.4. The topological polar surface area (TPSA) is 97.6 Å². The average molecular weight is 622 g/mol. The number of rotatable bonds is 7. The SMILES string of the molecule is CBr.CCC1CC[NH+](CC(=O)c2ccc(C#N)s2)CC1.NC(=O)OC(c1cccc(F)c1)c1cccc(F)c1. The summed E-state index contributed by atoms with van der Waals surface area (Å²) in [5, 5.41) is 8.75. The van der Waals surface area contributed by atoms with E-state index in [-0.39, 0.29) is 5.78 Å². The van der Waals surface area contributed by atoms with Gasteiger partial charge in [-0.15, -0.1) is 11.3 Å². The van der Waals surface area contributed by atoms with Gasteiger partial charge in [0.25, 0.3) is 0 Å². The van der Waals surface area contributed by atoms with Crippen LogP contribution in [0.1, 0.15) is 58.0 Å². The van der Waals surface area contributed by atoms with Crippen molar-refractivity contribution >= 4 is 39.1 Å². The van der Waals surface area contributed by atoms with E-state index >= 15 is 0 Å². The Balaban J connectivity index is 0.000000258. The molecule has 0 saturated carbocycles. The summed E-state index contributed by atoms with van der Waals surface area (Å²) in [6, 6.07) is 16.6. The minimum atomic E-state index is -1.02. The average Bonchev–Trinajstić information content (AvgIpc) is 3.43. The molecule has 1 saturated heterocycles. The molecule has 1 amide bonds. The summed E-state index contributed by atoms with van der Waals surface area (Å²) in [4.78, 5) is 25.8. The number of ether oxygens (including phenoxy) is 1. The molecule has 0 unspecified atom stereocenters. The third kappa shape index (κ3) is 10.5. The number of amides is 1. The number of primary amides is 1. The molecule has 0 atom stereocenters. The fraction of sp³-hybridized carbons (Fsp3) is 0.345. The number of thiophene rings is 1. The van der Waals surface area contributed by atoms with Gasteiger partial charge in [-0.25, -0.2) is 13.6 Å². The van der Waals surface area contributed by atoms with Crippen LogP contribution in [0.4, 0.5) is 13.6 Å². The number of quaternary nitrogens is 1. The van der Waals surface area contributed by atoms with Crippen LogP contribution in [0.2, 0.25) is 0 Å². The molecule has 6 nitrogen and oxygen atoms in total. The van der Waals surface area contributed by atoms with E-state index in [1.807, 2.05) is 5.83 Å². The Bertz CT molecular complexity index is 1210. The molecule has 3 N–H and O–H groups in total. The van der Waals surface area contributed by atoms with Crippen LogP contribution in [-0.2, 0) is 4.74 Å². The second-order valence-electron chi connectivity index (χ2n) is 8.90. The van der Waals surface area contributed by atoms with Gasteiger partial charge < -0.3 is 15.4 Å². The van der Waals surface area contributed by atoms with Gasteiger partial charge in [-0.1, -0.05) is 53.5 Å². The number of hydrogen-bond donors (Lipinski definition) is 2. The molecule has 208 valence electrons. The minimum absolute atomic E-state index is 0.187. The van der Waals surface area contributed by atoms with Gasteiger partial charge in [-0.3, -0.25) is 4.79 Å². The number of nitrogens with one attached hydrogen (secondary N) is 1. The van der Waals surface area contributed by atoms with E-state index in [9.17, 15) is 18.4 Å². The van der Waals surface area contributed by atoms with Crippen LogP contribution in [0.3, 0.4) is 0 Å². The normalized spacial score (nSPS) is 16.1. The second-order valence-corrected chi connectivity index (χ2v) is 9.99. The van der Waals surface area contributed by atoms with Gasteiger partial charge in [0.05, 0.1) is 18.0 Å². The van der Waals surface area contributed by atoms with Crippen molar-refractivity contribution in [2.75, 3.05) is 25.5 Å². The Hall–Kier alpha value is -3.13. The number of Topliss-reactive ketones (excluding diaryl/α,β-unsaturated/α-hetero) is 1. The highest BCUT2D eigenvalue weighted by atomic mass is 79.9. The standard InChI is InChI=1S/C14H11F2NO2.C14H18N2OS.CH3Br/c15-11-5-1-3-9(7-11)13(19-14(17)18)10-4-2-6-12(16)8-10;1-2-11-5-7-16(8-6-11)10-13(17)14-4-3-12(9-15)18-14;1-2/h1-8,13H,(H2,17,18);3-4,11H,2,5-8,10H2,1H3;1H3/p+1. The molecule has 10 heteroatoms. The van der Waals surface area contributed by atoms with Gasteiger partial charge in [0, 0.05) is 0 Å². The fourth-order valence-corrected chi connectivity index (χ4v) is 5.06. The van der Waals surface area contributed by atoms with E-state index in [1.165, 1.54) is 71.9 Å². The molecule has 4 rings (SSSR count). The predicted octanol–water partition coefficient (Wildman–Crippen LogP) is 5.67. The zero-order valence-corrected chi connectivity index (χ0v) is 24.4. The summed E-state index contributed by atoms with van der Waals surface area (Å²) in [6.07, 6.45) is 1.79. The van der Waals surface area contributed by atoms with E-state index in [1.54, 1.807) is 24.3 Å². The van der Waals surface area contributed by atoms with Gasteiger partial charge in [0.1, 0.15) is 29.1 Å². The van der Waals surface area contributed by atoms with Gasteiger partial charge >= 0.3 is 6.09 Å². The number of alkyl halides is 1. The lowest BCUT2D eigenvalue weighted by molar-refractivity contribution is -0.897. The Morgan fingerprint density at radius 2 is 1.64 bits per heavy atom. The molecule has 3 aromatic rings. The van der Waals surface area contributed by atoms with Crippen LogP contribution in [0.5, 0.6) is 0 Å². The van der Waals surface area contributed by atoms with E-state index in [4.69, 9.17) is 15.7 Å². The predicted molar refractivity (Wildman–Crippen MR) is 152 cm³/mol. The molecule has 0 radical (unpaired) electrons. The van der Waals surface area contributed by atoms with Crippen molar-refractivity contribution in [1.82, 2.24) is 0 Å². The molecule has 0 bridgehead atoms. The molecule has 1 aliphatic rings. The van der Waals surface area contributed by atoms with Crippen molar-refractivity contribution in [3.63, 3.8) is 0 Å². The van der Waals surface area contributed by atoms with E-state index < -0.39 is 23.8 Å². The van der Waals surface area contributed by atoms with Crippen LogP contribution in [0.15, 0.2) is 60.7 Å². The highest BCUT2D eigenvalue weighted by molar-refractivity contribution is 9.08. The summed E-state index contributed by atoms with van der Waals surface area (Å²) in [5.41, 5.74) is 5.75. The first kappa shape index (κ1) is 32.1. The number of ketones is 1. The third-order valence-electron chi connectivity index (χ3n) is 6.33. The molecular weight excluding hydrogens is 588 g/mol. The highest BCUT2D eigenvalue weighted by Crippen LogP contribution is 2.27. The molecule has 1 fully saturated rings. The smallest absolute Gasteiger partial charge is 0.405 e. The molecule has 2 aromatic carbocycles. The largest absolute Gasteiger partial charge is 0.437 e. The van der Waals surface area contributed by atoms with Crippen LogP contribution in [-0.4, -0.2) is 37.3 Å². The van der Waals surface area contributed by atoms with Crippen molar-refractivity contribution in [1.29, 1.82) is 5.26 Å². The number of benzene rings is 2. The van der Waals surface area contributed by atoms with E-state index in [0.717, 1.165) is 23.9 Å². The van der Waals surface area contributed by atoms with Crippen molar-refractivity contribution in [2.24, 2.45) is 11.7 Å². The number of nitriles is 1. The maximum absolute atomic E-state index is 13.2. The zero-order valence-electron chi connectivity index (χ0n) is 22.0. The van der Waals surface area contributed by atoms with Gasteiger partial charge in [-0.05, 0) is 72.1 Å². The van der Waals surface area contributed by atoms with Crippen LogP contribution >= 0.6 is 27.3 Å². The molecule has 39 heavy (non-hydrogen) atoms. The van der Waals surface area contributed by atoms with E-state index in [0.29, 0.717) is 22.5 Å². The first-order valence-corrected chi connectivity index (χ1v) is 14.9. The molecular formula is C29H33BrF2N3O3S+. The third-order valence-corrected chi connectivity index (χ3v) is 7.36. The van der Waals surface area contributed by atoms with Crippen molar-refractivity contribution in [3.05, 3.63) is 93.2 Å². The van der Waals surface area contributed by atoms with Gasteiger partial charge in [-0.2, -0.15) is 5.26 Å². The fourth-order valence-electron chi connectivity index (χ4n) is 4.32. The lowest BCUT2D eigenvalue weighted by Gasteiger charge is -2.27. The Morgan fingerprint density at radius 1 is 1.08 bits per heavy atom. The summed E-state index contributed by atoms with van der Waals surface area (Å²) in [6.45, 7) is 5.05. The molecule has 1 aromatic heterocycles. The molecule has 1 aliphatic heterocycles. The zero-order chi connectivity index (χ0) is 28.8. The van der Waals surface area contributed by atoms with E-state index in [2.05, 4.69) is 28.9 Å². The first-order chi connectivity index (χ1) is 18.8. The van der Waals surface area contributed by atoms with Crippen molar-refractivity contribution in [3.8, 4) is 6.07 Å². The first-order valence-electron chi connectivity index (χ1n) is 12.5. The summed E-state index contributed by atoms with van der Waals surface area (Å²) >= 11 is 4.25. The highest BCUT2D eigenvalue weighted by Gasteiger charge is 2.24. The lowest BCUT2D eigenvalue weighted by atomic mass is 9.94. The van der Waals surface area contributed by atoms with Crippen LogP contribution in [0.25, 0.3) is 0 Å². The Labute approximate surface area is 240 Å². The van der Waals surface area contributed by atoms with Gasteiger partial charge in [0.15, 0.2) is 6.10 Å². The maximum Gasteiger partial charge on any atom is 0.405 e. The number of hydrogen-bond acceptors (Lipinski definition) is 5. The number of likely N-dealkylation sites (tertiary alicyclic amines) is 1. The summed E-state index contributed by atoms with van der Waals surface area (Å²) in [7, 11) is 0. The van der Waals surface area contributed by atoms with Gasteiger partial charge in [0.2, 0.25) is 5.78 Å². The number of nitrogens with two attached hydrogens (primary N) is 1. The van der Waals surface area contributed by atoms with Crippen molar-refractivity contribution < 1.29 is 28.0 Å². The maximum atomic E-state index is 13.2. The Morgan fingerprint density at radius 3 is 2.08 bits per heavy atom. The molecule has 2 heterocycles. The van der Waals surface area contributed by atoms with Crippen LogP contribution < -0.4 is 10.6 Å².